The summed E-state index contributed by atoms with van der Waals surface area (Å²) >= 11 is 0. The minimum atomic E-state index is -0.376. The van der Waals surface area contributed by atoms with Crippen molar-refractivity contribution in [2.24, 2.45) is 5.73 Å². The smallest absolute Gasteiger partial charge is 0.272 e. The Bertz CT molecular complexity index is 407. The van der Waals surface area contributed by atoms with Gasteiger partial charge in [-0.25, -0.2) is 0 Å². The first-order valence-corrected chi connectivity index (χ1v) is 5.17. The van der Waals surface area contributed by atoms with Gasteiger partial charge in [-0.2, -0.15) is 0 Å². The number of aryl methyl sites for hydroxylation is 1. The number of halogens is 1. The molecule has 0 aliphatic carbocycles. The van der Waals surface area contributed by atoms with Crippen molar-refractivity contribution in [2.45, 2.75) is 25.8 Å². The Balaban J connectivity index is 0.00000256. The van der Waals surface area contributed by atoms with E-state index in [0.29, 0.717) is 5.56 Å². The number of nitrogens with two attached hydrogens (primary N) is 1. The van der Waals surface area contributed by atoms with Gasteiger partial charge in [0, 0.05) is 17.7 Å². The summed E-state index contributed by atoms with van der Waals surface area (Å²) in [6.45, 7) is 5.34. The molecule has 1 atom stereocenters. The Labute approximate surface area is 107 Å². The maximum absolute atomic E-state index is 10.8. The molecular weight excluding hydrogens is 240 g/mol. The third kappa shape index (κ3) is 4.17. The molecule has 17 heavy (non-hydrogen) atoms. The number of rotatable bonds is 5. The SMILES string of the molecule is C=CCC[C@@H](N)c1ccc(C)c([N+](=O)[O-])c1.Cl. The van der Waals surface area contributed by atoms with Crippen molar-refractivity contribution in [3.8, 4) is 0 Å². The van der Waals surface area contributed by atoms with Gasteiger partial charge in [0.05, 0.1) is 4.92 Å². The van der Waals surface area contributed by atoms with Gasteiger partial charge in [-0.3, -0.25) is 10.1 Å². The molecule has 2 N–H and O–H groups in total. The quantitative estimate of drug-likeness (QED) is 0.499. The molecule has 94 valence electrons. The van der Waals surface area contributed by atoms with Crippen molar-refractivity contribution in [3.63, 3.8) is 0 Å². The molecule has 1 aromatic carbocycles. The van der Waals surface area contributed by atoms with Crippen molar-refractivity contribution < 1.29 is 4.92 Å². The number of benzene rings is 1. The highest BCUT2D eigenvalue weighted by molar-refractivity contribution is 5.85. The van der Waals surface area contributed by atoms with Crippen molar-refractivity contribution in [1.82, 2.24) is 0 Å². The van der Waals surface area contributed by atoms with Gasteiger partial charge in [-0.05, 0) is 25.3 Å². The van der Waals surface area contributed by atoms with Crippen LogP contribution in [0.5, 0.6) is 0 Å². The van der Waals surface area contributed by atoms with Crippen molar-refractivity contribution >= 4 is 18.1 Å². The minimum absolute atomic E-state index is 0. The van der Waals surface area contributed by atoms with Crippen LogP contribution in [0.4, 0.5) is 5.69 Å². The first-order chi connectivity index (χ1) is 7.56. The first-order valence-electron chi connectivity index (χ1n) is 5.17. The number of nitrogens with zero attached hydrogens (tertiary/aromatic N) is 1. The summed E-state index contributed by atoms with van der Waals surface area (Å²) in [5.41, 5.74) is 7.52. The second-order valence-corrected chi connectivity index (χ2v) is 3.78. The van der Waals surface area contributed by atoms with Gasteiger partial charge >= 0.3 is 0 Å². The van der Waals surface area contributed by atoms with Crippen LogP contribution >= 0.6 is 12.4 Å². The standard InChI is InChI=1S/C12H16N2O2.ClH/c1-3-4-5-11(13)10-7-6-9(2)12(8-10)14(15)16;/h3,6-8,11H,1,4-5,13H2,2H3;1H/t11-;/m1./s1. The first kappa shape index (κ1) is 15.6. The van der Waals surface area contributed by atoms with E-state index < -0.39 is 0 Å². The van der Waals surface area contributed by atoms with E-state index in [1.807, 2.05) is 6.07 Å². The average molecular weight is 257 g/mol. The predicted octanol–water partition coefficient (Wildman–Crippen LogP) is 3.29. The number of hydrogen-bond donors (Lipinski definition) is 1. The molecule has 0 fully saturated rings. The zero-order chi connectivity index (χ0) is 12.1. The molecule has 4 nitrogen and oxygen atoms in total. The topological polar surface area (TPSA) is 69.2 Å². The molecule has 0 radical (unpaired) electrons. The van der Waals surface area contributed by atoms with Crippen molar-refractivity contribution in [1.29, 1.82) is 0 Å². The third-order valence-electron chi connectivity index (χ3n) is 2.54. The second kappa shape index (κ2) is 7.04. The van der Waals surface area contributed by atoms with E-state index >= 15 is 0 Å². The molecule has 0 aliphatic heterocycles. The van der Waals surface area contributed by atoms with Gasteiger partial charge in [-0.1, -0.05) is 18.2 Å². The van der Waals surface area contributed by atoms with Crippen LogP contribution in [0.15, 0.2) is 30.9 Å². The minimum Gasteiger partial charge on any atom is -0.324 e. The van der Waals surface area contributed by atoms with Crippen LogP contribution in [-0.4, -0.2) is 4.92 Å². The summed E-state index contributed by atoms with van der Waals surface area (Å²) in [5.74, 6) is 0. The Hall–Kier alpha value is -1.39. The Morgan fingerprint density at radius 1 is 1.59 bits per heavy atom. The van der Waals surface area contributed by atoms with E-state index in [1.54, 1.807) is 25.1 Å². The summed E-state index contributed by atoms with van der Waals surface area (Å²) in [6.07, 6.45) is 3.36. The molecule has 0 spiro atoms. The number of allylic oxidation sites excluding steroid dienone is 1. The maximum atomic E-state index is 10.8. The van der Waals surface area contributed by atoms with E-state index in [2.05, 4.69) is 6.58 Å². The van der Waals surface area contributed by atoms with Gasteiger partial charge < -0.3 is 5.73 Å². The fourth-order valence-electron chi connectivity index (χ4n) is 1.52. The van der Waals surface area contributed by atoms with Crippen LogP contribution in [0.3, 0.4) is 0 Å². The molecule has 1 aromatic rings. The fourth-order valence-corrected chi connectivity index (χ4v) is 1.52. The van der Waals surface area contributed by atoms with Crippen LogP contribution in [0.25, 0.3) is 0 Å². The molecule has 0 amide bonds. The second-order valence-electron chi connectivity index (χ2n) is 3.78. The van der Waals surface area contributed by atoms with Crippen molar-refractivity contribution in [2.75, 3.05) is 0 Å². The van der Waals surface area contributed by atoms with E-state index in [9.17, 15) is 10.1 Å². The predicted molar refractivity (Wildman–Crippen MR) is 71.4 cm³/mol. The highest BCUT2D eigenvalue weighted by atomic mass is 35.5. The molecule has 0 aromatic heterocycles. The lowest BCUT2D eigenvalue weighted by Crippen LogP contribution is -2.10. The normalized spacial score (nSPS) is 11.4. The zero-order valence-electron chi connectivity index (χ0n) is 9.76. The maximum Gasteiger partial charge on any atom is 0.272 e. The molecule has 1 rings (SSSR count). The lowest BCUT2D eigenvalue weighted by atomic mass is 10.0. The van der Waals surface area contributed by atoms with E-state index in [0.717, 1.165) is 18.4 Å². The van der Waals surface area contributed by atoms with Crippen LogP contribution in [0, 0.1) is 17.0 Å². The summed E-state index contributed by atoms with van der Waals surface area (Å²) in [6, 6.07) is 4.97. The molecular formula is C12H17ClN2O2. The summed E-state index contributed by atoms with van der Waals surface area (Å²) in [4.78, 5) is 10.4. The van der Waals surface area contributed by atoms with Gasteiger partial charge in [0.15, 0.2) is 0 Å². The van der Waals surface area contributed by atoms with Gasteiger partial charge in [0.1, 0.15) is 0 Å². The average Bonchev–Trinajstić information content (AvgIpc) is 2.26. The highest BCUT2D eigenvalue weighted by Gasteiger charge is 2.13. The monoisotopic (exact) mass is 256 g/mol. The molecule has 0 aliphatic rings. The molecule has 0 saturated heterocycles. The van der Waals surface area contributed by atoms with Crippen LogP contribution < -0.4 is 5.73 Å². The summed E-state index contributed by atoms with van der Waals surface area (Å²) < 4.78 is 0. The molecule has 0 bridgehead atoms. The zero-order valence-corrected chi connectivity index (χ0v) is 10.6. The number of hydrogen-bond acceptors (Lipinski definition) is 3. The molecule has 0 heterocycles. The van der Waals surface area contributed by atoms with Crippen molar-refractivity contribution in [3.05, 3.63) is 52.1 Å². The van der Waals surface area contributed by atoms with Crippen LogP contribution in [0.2, 0.25) is 0 Å². The Morgan fingerprint density at radius 2 is 2.24 bits per heavy atom. The number of nitro groups is 1. The van der Waals surface area contributed by atoms with Gasteiger partial charge in [0.2, 0.25) is 0 Å². The Kier molecular flexibility index (Phi) is 6.46. The fraction of sp³-hybridized carbons (Fsp3) is 0.333. The Morgan fingerprint density at radius 3 is 2.76 bits per heavy atom. The van der Waals surface area contributed by atoms with Crippen LogP contribution in [0.1, 0.15) is 30.0 Å². The lowest BCUT2D eigenvalue weighted by Gasteiger charge is -2.11. The summed E-state index contributed by atoms with van der Waals surface area (Å²) in [5, 5.41) is 10.8. The number of nitro benzene ring substituents is 1. The van der Waals surface area contributed by atoms with Gasteiger partial charge in [0.25, 0.3) is 5.69 Å². The van der Waals surface area contributed by atoms with Gasteiger partial charge in [-0.15, -0.1) is 19.0 Å². The molecule has 5 heteroatoms. The molecule has 0 saturated carbocycles. The third-order valence-corrected chi connectivity index (χ3v) is 2.54. The largest absolute Gasteiger partial charge is 0.324 e. The highest BCUT2D eigenvalue weighted by Crippen LogP contribution is 2.24. The van der Waals surface area contributed by atoms with E-state index in [4.69, 9.17) is 5.73 Å². The summed E-state index contributed by atoms with van der Waals surface area (Å²) in [7, 11) is 0. The lowest BCUT2D eigenvalue weighted by molar-refractivity contribution is -0.385. The van der Waals surface area contributed by atoms with Crippen LogP contribution in [-0.2, 0) is 0 Å². The van der Waals surface area contributed by atoms with E-state index in [1.165, 1.54) is 0 Å². The molecule has 0 unspecified atom stereocenters. The van der Waals surface area contributed by atoms with E-state index in [-0.39, 0.29) is 29.1 Å².